The van der Waals surface area contributed by atoms with Gasteiger partial charge in [-0.05, 0) is 25.7 Å². The molecule has 0 aromatic rings. The maximum Gasteiger partial charge on any atom is 0.405 e. The molecule has 39 heavy (non-hydrogen) atoms. The molecule has 0 aliphatic heterocycles. The van der Waals surface area contributed by atoms with Crippen LogP contribution in [-0.2, 0) is 19.1 Å². The Morgan fingerprint density at radius 1 is 0.590 bits per heavy atom. The summed E-state index contributed by atoms with van der Waals surface area (Å²) in [5.41, 5.74) is 5.76. The van der Waals surface area contributed by atoms with Crippen LogP contribution in [0, 0.1) is 0 Å². The minimum atomic E-state index is -1.17. The van der Waals surface area contributed by atoms with Crippen LogP contribution >= 0.6 is 0 Å². The van der Waals surface area contributed by atoms with Crippen molar-refractivity contribution in [2.75, 3.05) is 13.2 Å². The second-order valence-corrected chi connectivity index (χ2v) is 10.5. The summed E-state index contributed by atoms with van der Waals surface area (Å²) in [6.07, 6.45) is 20.2. The van der Waals surface area contributed by atoms with Crippen molar-refractivity contribution in [2.45, 2.75) is 168 Å². The normalized spacial score (nSPS) is 12.1. The van der Waals surface area contributed by atoms with Gasteiger partial charge >= 0.3 is 18.0 Å². The summed E-state index contributed by atoms with van der Waals surface area (Å²) in [5.74, 6) is -0.665. The molecule has 0 radical (unpaired) electrons. The molecule has 2 unspecified atom stereocenters. The summed E-state index contributed by atoms with van der Waals surface area (Å²) in [5, 5.41) is 11.0. The summed E-state index contributed by atoms with van der Waals surface area (Å²) in [7, 11) is 0. The first kappa shape index (κ1) is 39.3. The van der Waals surface area contributed by atoms with Crippen LogP contribution in [0.25, 0.3) is 0 Å². The fourth-order valence-electron chi connectivity index (χ4n) is 4.05. The van der Waals surface area contributed by atoms with E-state index in [-0.39, 0.29) is 5.97 Å². The van der Waals surface area contributed by atoms with Gasteiger partial charge in [0.15, 0.2) is 0 Å². The molecule has 4 N–H and O–H groups in total. The van der Waals surface area contributed by atoms with E-state index in [2.05, 4.69) is 33.0 Å². The topological polar surface area (TPSA) is 128 Å². The quantitative estimate of drug-likeness (QED) is 0.0767. The molecule has 0 spiro atoms. The maximum absolute atomic E-state index is 11.9. The fraction of sp³-hybridized carbons (Fsp3) is 0.903. The Balaban J connectivity index is 0. The molecule has 2 atom stereocenters. The highest BCUT2D eigenvalue weighted by Gasteiger charge is 2.21. The van der Waals surface area contributed by atoms with Gasteiger partial charge in [0.1, 0.15) is 12.1 Å². The van der Waals surface area contributed by atoms with E-state index in [0.29, 0.717) is 19.6 Å². The van der Waals surface area contributed by atoms with Crippen molar-refractivity contribution in [3.63, 3.8) is 0 Å². The summed E-state index contributed by atoms with van der Waals surface area (Å²) >= 11 is 0. The second-order valence-electron chi connectivity index (χ2n) is 10.5. The Hall–Kier alpha value is -1.83. The van der Waals surface area contributed by atoms with Crippen LogP contribution in [0.1, 0.15) is 156 Å². The molecule has 0 heterocycles. The largest absolute Gasteiger partial charge is 0.465 e. The minimum absolute atomic E-state index is 0.223. The lowest BCUT2D eigenvalue weighted by Crippen LogP contribution is -2.41. The van der Waals surface area contributed by atoms with Gasteiger partial charge in [-0.3, -0.25) is 4.79 Å². The number of carbonyl (C=O) groups is 3. The number of hydrogen-bond acceptors (Lipinski definition) is 6. The first-order valence-electron chi connectivity index (χ1n) is 15.9. The van der Waals surface area contributed by atoms with Crippen molar-refractivity contribution in [1.29, 1.82) is 0 Å². The summed E-state index contributed by atoms with van der Waals surface area (Å²) in [6, 6.07) is -1.15. The van der Waals surface area contributed by atoms with Gasteiger partial charge in [0.25, 0.3) is 0 Å². The number of nitrogens with two attached hydrogens (primary N) is 1. The fourth-order valence-corrected chi connectivity index (χ4v) is 4.05. The van der Waals surface area contributed by atoms with Crippen molar-refractivity contribution in [2.24, 2.45) is 5.73 Å². The van der Waals surface area contributed by atoms with E-state index in [1.807, 2.05) is 0 Å². The van der Waals surface area contributed by atoms with Gasteiger partial charge in [0.05, 0.1) is 13.2 Å². The van der Waals surface area contributed by atoms with E-state index < -0.39 is 24.1 Å². The molecule has 0 saturated heterocycles. The average Bonchev–Trinajstić information content (AvgIpc) is 2.91. The molecule has 0 aliphatic rings. The third kappa shape index (κ3) is 29.0. The Bertz CT molecular complexity index is 573. The van der Waals surface area contributed by atoms with Crippen molar-refractivity contribution in [1.82, 2.24) is 5.32 Å². The SMILES string of the molecule is CCCCCCCCOC(=O)C(CCCCC)NC(=O)O.CCCCCCCCOC(=O)C(N)CCCCC. The van der Waals surface area contributed by atoms with Crippen LogP contribution in [0.2, 0.25) is 0 Å². The number of carboxylic acid groups (broad SMARTS) is 1. The average molecular weight is 559 g/mol. The van der Waals surface area contributed by atoms with Gasteiger partial charge in [0, 0.05) is 0 Å². The van der Waals surface area contributed by atoms with E-state index in [1.165, 1.54) is 51.4 Å². The zero-order chi connectivity index (χ0) is 29.6. The first-order valence-corrected chi connectivity index (χ1v) is 15.9. The lowest BCUT2D eigenvalue weighted by Gasteiger charge is -2.15. The Kier molecular flexibility index (Phi) is 31.0. The molecular weight excluding hydrogens is 496 g/mol. The van der Waals surface area contributed by atoms with Gasteiger partial charge in [-0.1, -0.05) is 130 Å². The molecule has 0 rings (SSSR count). The number of unbranched alkanes of at least 4 members (excludes halogenated alkanes) is 14. The van der Waals surface area contributed by atoms with Crippen LogP contribution in [0.4, 0.5) is 4.79 Å². The summed E-state index contributed by atoms with van der Waals surface area (Å²) in [6.45, 7) is 9.51. The molecule has 8 heteroatoms. The number of ether oxygens (including phenoxy) is 2. The van der Waals surface area contributed by atoms with Gasteiger partial charge in [-0.15, -0.1) is 0 Å². The maximum atomic E-state index is 11.9. The Morgan fingerprint density at radius 2 is 0.974 bits per heavy atom. The standard InChI is InChI=1S/C16H31NO4.C15H31NO2/c1-3-5-7-8-9-11-13-21-15(18)14(17-16(19)20)12-10-6-4-2;1-3-5-7-8-9-11-13-18-15(17)14(16)12-10-6-4-2/h14,17H,3-13H2,1-2H3,(H,19,20);14H,3-13,16H2,1-2H3. The number of esters is 2. The Labute approximate surface area is 239 Å². The molecule has 0 aromatic carbocycles. The van der Waals surface area contributed by atoms with E-state index >= 15 is 0 Å². The highest BCUT2D eigenvalue weighted by Crippen LogP contribution is 2.09. The number of amides is 1. The van der Waals surface area contributed by atoms with Gasteiger partial charge in [0.2, 0.25) is 0 Å². The molecule has 0 saturated carbocycles. The number of hydrogen-bond donors (Lipinski definition) is 3. The summed E-state index contributed by atoms with van der Waals surface area (Å²) < 4.78 is 10.4. The van der Waals surface area contributed by atoms with Crippen molar-refractivity contribution >= 4 is 18.0 Å². The zero-order valence-electron chi connectivity index (χ0n) is 25.8. The first-order chi connectivity index (χ1) is 18.8. The molecule has 0 fully saturated rings. The van der Waals surface area contributed by atoms with Crippen LogP contribution in [0.15, 0.2) is 0 Å². The number of rotatable bonds is 25. The predicted octanol–water partition coefficient (Wildman–Crippen LogP) is 7.90. The van der Waals surface area contributed by atoms with Crippen LogP contribution in [0.5, 0.6) is 0 Å². The zero-order valence-corrected chi connectivity index (χ0v) is 25.8. The van der Waals surface area contributed by atoms with Crippen molar-refractivity contribution in [3.05, 3.63) is 0 Å². The molecule has 8 nitrogen and oxygen atoms in total. The van der Waals surface area contributed by atoms with Crippen LogP contribution in [-0.4, -0.2) is 48.4 Å². The highest BCUT2D eigenvalue weighted by atomic mass is 16.5. The molecule has 1 amide bonds. The van der Waals surface area contributed by atoms with Crippen LogP contribution < -0.4 is 11.1 Å². The predicted molar refractivity (Wildman–Crippen MR) is 160 cm³/mol. The van der Waals surface area contributed by atoms with Crippen molar-refractivity contribution in [3.8, 4) is 0 Å². The monoisotopic (exact) mass is 558 g/mol. The van der Waals surface area contributed by atoms with Gasteiger partial charge in [-0.25, -0.2) is 9.59 Å². The minimum Gasteiger partial charge on any atom is -0.465 e. The number of carbonyl (C=O) groups excluding carboxylic acids is 2. The van der Waals surface area contributed by atoms with Crippen LogP contribution in [0.3, 0.4) is 0 Å². The van der Waals surface area contributed by atoms with Gasteiger partial charge < -0.3 is 25.6 Å². The molecular formula is C31H62N2O6. The molecule has 232 valence electrons. The lowest BCUT2D eigenvalue weighted by molar-refractivity contribution is -0.146. The smallest absolute Gasteiger partial charge is 0.405 e. The van der Waals surface area contributed by atoms with E-state index in [1.54, 1.807) is 0 Å². The summed E-state index contributed by atoms with van der Waals surface area (Å²) in [4.78, 5) is 34.1. The van der Waals surface area contributed by atoms with Gasteiger partial charge in [-0.2, -0.15) is 0 Å². The Morgan fingerprint density at radius 3 is 1.44 bits per heavy atom. The van der Waals surface area contributed by atoms with E-state index in [4.69, 9.17) is 20.3 Å². The van der Waals surface area contributed by atoms with E-state index in [0.717, 1.165) is 70.6 Å². The highest BCUT2D eigenvalue weighted by molar-refractivity contribution is 5.80. The molecule has 0 aliphatic carbocycles. The van der Waals surface area contributed by atoms with E-state index in [9.17, 15) is 14.4 Å². The molecule has 0 aromatic heterocycles. The third-order valence-corrected chi connectivity index (χ3v) is 6.58. The third-order valence-electron chi connectivity index (χ3n) is 6.58. The van der Waals surface area contributed by atoms with Crippen molar-refractivity contribution < 1.29 is 29.0 Å². The second kappa shape index (κ2) is 30.7. The molecule has 0 bridgehead atoms. The lowest BCUT2D eigenvalue weighted by atomic mass is 10.1. The number of nitrogens with one attached hydrogen (secondary N) is 1.